The summed E-state index contributed by atoms with van der Waals surface area (Å²) in [4.78, 5) is 20.0. The molecule has 1 spiro atoms. The van der Waals surface area contributed by atoms with Gasteiger partial charge in [-0.25, -0.2) is 4.98 Å². The molecule has 3 heterocycles. The first-order chi connectivity index (χ1) is 12.7. The van der Waals surface area contributed by atoms with Gasteiger partial charge in [-0.2, -0.15) is 0 Å². The molecule has 1 aromatic carbocycles. The molecule has 3 aliphatic rings. The van der Waals surface area contributed by atoms with Crippen LogP contribution in [0.3, 0.4) is 0 Å². The van der Waals surface area contributed by atoms with Gasteiger partial charge in [-0.3, -0.25) is 4.79 Å². The molecular weight excluding hydrogens is 326 g/mol. The lowest BCUT2D eigenvalue weighted by atomic mass is 9.86. The number of aromatic nitrogens is 2. The molecule has 0 unspecified atom stereocenters. The summed E-state index contributed by atoms with van der Waals surface area (Å²) in [6, 6.07) is 8.65. The van der Waals surface area contributed by atoms with Gasteiger partial charge in [-0.15, -0.1) is 0 Å². The van der Waals surface area contributed by atoms with Crippen molar-refractivity contribution in [2.24, 2.45) is 5.92 Å². The zero-order valence-corrected chi connectivity index (χ0v) is 15.2. The molecule has 2 atom stereocenters. The largest absolute Gasteiger partial charge is 0.369 e. The van der Waals surface area contributed by atoms with E-state index in [2.05, 4.69) is 45.6 Å². The predicted octanol–water partition coefficient (Wildman–Crippen LogP) is 3.05. The summed E-state index contributed by atoms with van der Waals surface area (Å²) < 4.78 is 8.06. The molecule has 26 heavy (non-hydrogen) atoms. The molecule has 1 saturated heterocycles. The first kappa shape index (κ1) is 16.1. The quantitative estimate of drug-likeness (QED) is 0.854. The van der Waals surface area contributed by atoms with Crippen molar-refractivity contribution in [1.29, 1.82) is 0 Å². The number of hydrogen-bond donors (Lipinski definition) is 0. The maximum Gasteiger partial charge on any atom is 0.229 e. The third-order valence-corrected chi connectivity index (χ3v) is 6.36. The lowest BCUT2D eigenvalue weighted by Crippen LogP contribution is -2.45. The fourth-order valence-corrected chi connectivity index (χ4v) is 4.80. The van der Waals surface area contributed by atoms with Crippen molar-refractivity contribution in [3.05, 3.63) is 53.6 Å². The second-order valence-electron chi connectivity index (χ2n) is 7.89. The Morgan fingerprint density at radius 1 is 1.35 bits per heavy atom. The summed E-state index contributed by atoms with van der Waals surface area (Å²) in [5, 5.41) is 0. The average molecular weight is 351 g/mol. The SMILES string of the molecule is CCn1ccnc1[C@@H]1OCC[C@H]1C(=O)N1Cc2ccccc2C2(CC2)C1. The van der Waals surface area contributed by atoms with Crippen LogP contribution in [0.5, 0.6) is 0 Å². The molecule has 0 N–H and O–H groups in total. The van der Waals surface area contributed by atoms with Crippen LogP contribution in [-0.2, 0) is 28.0 Å². The highest BCUT2D eigenvalue weighted by Crippen LogP contribution is 2.52. The van der Waals surface area contributed by atoms with Gasteiger partial charge in [0.25, 0.3) is 0 Å². The van der Waals surface area contributed by atoms with Gasteiger partial charge >= 0.3 is 0 Å². The van der Waals surface area contributed by atoms with Crippen LogP contribution in [0.15, 0.2) is 36.7 Å². The average Bonchev–Trinajstić information content (AvgIpc) is 3.10. The van der Waals surface area contributed by atoms with Crippen molar-refractivity contribution in [2.45, 2.75) is 50.8 Å². The first-order valence-electron chi connectivity index (χ1n) is 9.72. The second kappa shape index (κ2) is 5.95. The Hall–Kier alpha value is -2.14. The Balaban J connectivity index is 1.42. The third-order valence-electron chi connectivity index (χ3n) is 6.36. The zero-order chi connectivity index (χ0) is 17.7. The van der Waals surface area contributed by atoms with Gasteiger partial charge < -0.3 is 14.2 Å². The molecular formula is C21H25N3O2. The van der Waals surface area contributed by atoms with Gasteiger partial charge in [-0.05, 0) is 37.3 Å². The van der Waals surface area contributed by atoms with Gasteiger partial charge in [0, 0.05) is 44.0 Å². The van der Waals surface area contributed by atoms with E-state index in [1.807, 2.05) is 6.20 Å². The van der Waals surface area contributed by atoms with E-state index in [1.165, 1.54) is 24.0 Å². The molecule has 2 fully saturated rings. The van der Waals surface area contributed by atoms with E-state index < -0.39 is 0 Å². The molecule has 136 valence electrons. The molecule has 5 heteroatoms. The molecule has 1 amide bonds. The highest BCUT2D eigenvalue weighted by Gasteiger charge is 2.51. The number of fused-ring (bicyclic) bond motifs is 2. The minimum Gasteiger partial charge on any atom is -0.369 e. The molecule has 0 bridgehead atoms. The number of carbonyl (C=O) groups is 1. The summed E-state index contributed by atoms with van der Waals surface area (Å²) in [6.45, 7) is 5.15. The summed E-state index contributed by atoms with van der Waals surface area (Å²) in [6.07, 6.45) is 6.72. The van der Waals surface area contributed by atoms with Crippen LogP contribution in [0.25, 0.3) is 0 Å². The van der Waals surface area contributed by atoms with E-state index in [4.69, 9.17) is 4.74 Å². The van der Waals surface area contributed by atoms with Crippen LogP contribution in [0.2, 0.25) is 0 Å². The van der Waals surface area contributed by atoms with Gasteiger partial charge in [0.05, 0.1) is 5.92 Å². The molecule has 2 aromatic rings. The number of nitrogens with zero attached hydrogens (tertiary/aromatic N) is 3. The fraction of sp³-hybridized carbons (Fsp3) is 0.524. The second-order valence-corrected chi connectivity index (χ2v) is 7.89. The first-order valence-corrected chi connectivity index (χ1v) is 9.72. The Morgan fingerprint density at radius 2 is 2.19 bits per heavy atom. The Labute approximate surface area is 154 Å². The van der Waals surface area contributed by atoms with Crippen molar-refractivity contribution in [3.63, 3.8) is 0 Å². The monoisotopic (exact) mass is 351 g/mol. The van der Waals surface area contributed by atoms with Crippen LogP contribution in [-0.4, -0.2) is 33.5 Å². The van der Waals surface area contributed by atoms with Gasteiger partial charge in [0.1, 0.15) is 11.9 Å². The van der Waals surface area contributed by atoms with Crippen LogP contribution < -0.4 is 0 Å². The number of benzene rings is 1. The van der Waals surface area contributed by atoms with Gasteiger partial charge in [0.15, 0.2) is 0 Å². The smallest absolute Gasteiger partial charge is 0.229 e. The van der Waals surface area contributed by atoms with Crippen LogP contribution in [0.4, 0.5) is 0 Å². The highest BCUT2D eigenvalue weighted by atomic mass is 16.5. The molecule has 2 aliphatic heterocycles. The number of aryl methyl sites for hydroxylation is 1. The van der Waals surface area contributed by atoms with Crippen molar-refractivity contribution >= 4 is 5.91 Å². The van der Waals surface area contributed by atoms with Gasteiger partial charge in [0.2, 0.25) is 5.91 Å². The topological polar surface area (TPSA) is 47.4 Å². The number of carbonyl (C=O) groups excluding carboxylic acids is 1. The highest BCUT2D eigenvalue weighted by molar-refractivity contribution is 5.80. The Morgan fingerprint density at radius 3 is 3.00 bits per heavy atom. The fourth-order valence-electron chi connectivity index (χ4n) is 4.80. The van der Waals surface area contributed by atoms with E-state index in [0.717, 1.165) is 31.9 Å². The van der Waals surface area contributed by atoms with Gasteiger partial charge in [-0.1, -0.05) is 24.3 Å². The number of imidazole rings is 1. The maximum absolute atomic E-state index is 13.4. The number of hydrogen-bond acceptors (Lipinski definition) is 3. The van der Waals surface area contributed by atoms with Crippen LogP contribution in [0.1, 0.15) is 49.2 Å². The third kappa shape index (κ3) is 2.41. The molecule has 1 aromatic heterocycles. The standard InChI is InChI=1S/C21H25N3O2/c1-2-23-11-10-22-19(23)18-16(7-12-26-18)20(25)24-13-15-5-3-4-6-17(15)21(14-24)8-9-21/h3-6,10-11,16,18H,2,7-9,12-14H2,1H3/t16-,18-/m1/s1. The van der Waals surface area contributed by atoms with Crippen molar-refractivity contribution < 1.29 is 9.53 Å². The summed E-state index contributed by atoms with van der Waals surface area (Å²) in [5.74, 6) is 1.00. The zero-order valence-electron chi connectivity index (χ0n) is 15.2. The van der Waals surface area contributed by atoms with Crippen molar-refractivity contribution in [3.8, 4) is 0 Å². The minimum absolute atomic E-state index is 0.122. The lowest BCUT2D eigenvalue weighted by Gasteiger charge is -2.37. The molecule has 5 rings (SSSR count). The predicted molar refractivity (Wildman–Crippen MR) is 97.5 cm³/mol. The molecule has 0 radical (unpaired) electrons. The number of amides is 1. The number of ether oxygens (including phenoxy) is 1. The normalized spacial score (nSPS) is 26.1. The molecule has 1 saturated carbocycles. The van der Waals surface area contributed by atoms with Crippen molar-refractivity contribution in [1.82, 2.24) is 14.5 Å². The van der Waals surface area contributed by atoms with Crippen LogP contribution >= 0.6 is 0 Å². The maximum atomic E-state index is 13.4. The van der Waals surface area contributed by atoms with E-state index >= 15 is 0 Å². The summed E-state index contributed by atoms with van der Waals surface area (Å²) >= 11 is 0. The van der Waals surface area contributed by atoms with Crippen LogP contribution in [0, 0.1) is 5.92 Å². The number of rotatable bonds is 3. The van der Waals surface area contributed by atoms with E-state index in [0.29, 0.717) is 6.61 Å². The van der Waals surface area contributed by atoms with Crippen molar-refractivity contribution in [2.75, 3.05) is 13.2 Å². The van der Waals surface area contributed by atoms with E-state index in [1.54, 1.807) is 6.20 Å². The summed E-state index contributed by atoms with van der Waals surface area (Å²) in [7, 11) is 0. The molecule has 5 nitrogen and oxygen atoms in total. The Bertz CT molecular complexity index is 839. The minimum atomic E-state index is -0.218. The Kier molecular flexibility index (Phi) is 3.67. The van der Waals surface area contributed by atoms with E-state index in [9.17, 15) is 4.79 Å². The summed E-state index contributed by atoms with van der Waals surface area (Å²) in [5.41, 5.74) is 2.99. The molecule has 1 aliphatic carbocycles. The van der Waals surface area contributed by atoms with E-state index in [-0.39, 0.29) is 23.3 Å². The lowest BCUT2D eigenvalue weighted by molar-refractivity contribution is -0.139.